The summed E-state index contributed by atoms with van der Waals surface area (Å²) in [5.74, 6) is -1.63. The van der Waals surface area contributed by atoms with Crippen LogP contribution in [-0.2, 0) is 25.7 Å². The summed E-state index contributed by atoms with van der Waals surface area (Å²) in [4.78, 5) is 23.5. The Balaban J connectivity index is 2.85. The van der Waals surface area contributed by atoms with Gasteiger partial charge in [-0.25, -0.2) is 9.59 Å². The van der Waals surface area contributed by atoms with E-state index >= 15 is 0 Å². The molecule has 0 aliphatic carbocycles. The summed E-state index contributed by atoms with van der Waals surface area (Å²) in [5.41, 5.74) is 6.19. The number of hydrogen-bond acceptors (Lipinski definition) is 5. The summed E-state index contributed by atoms with van der Waals surface area (Å²) in [6, 6.07) is 9.13. The number of allylic oxidation sites excluding steroid dienone is 2. The lowest BCUT2D eigenvalue weighted by molar-refractivity contribution is -0.146. The molecule has 0 saturated carbocycles. The number of nitrogens with two attached hydrogens (primary N) is 1. The number of rotatable bonds is 5. The fourth-order valence-corrected chi connectivity index (χ4v) is 1.48. The van der Waals surface area contributed by atoms with Crippen LogP contribution in [0.15, 0.2) is 53.8 Å². The molecule has 2 N–H and O–H groups in total. The molecule has 5 nitrogen and oxygen atoms in total. The van der Waals surface area contributed by atoms with Gasteiger partial charge in [-0.3, -0.25) is 0 Å². The van der Waals surface area contributed by atoms with E-state index in [1.807, 2.05) is 30.3 Å². The van der Waals surface area contributed by atoms with E-state index in [0.717, 1.165) is 5.56 Å². The Morgan fingerprint density at radius 1 is 1.20 bits per heavy atom. The lowest BCUT2D eigenvalue weighted by Crippen LogP contribution is -2.21. The zero-order valence-electron chi connectivity index (χ0n) is 11.5. The van der Waals surface area contributed by atoms with Crippen LogP contribution in [0, 0.1) is 0 Å². The predicted molar refractivity (Wildman–Crippen MR) is 74.3 cm³/mol. The molecule has 0 aliphatic rings. The molecule has 0 saturated heterocycles. The Morgan fingerprint density at radius 3 is 2.40 bits per heavy atom. The highest BCUT2D eigenvalue weighted by molar-refractivity contribution is 6.14. The number of ether oxygens (including phenoxy) is 2. The van der Waals surface area contributed by atoms with Gasteiger partial charge in [-0.15, -0.1) is 0 Å². The quantitative estimate of drug-likeness (QED) is 0.291. The molecule has 20 heavy (non-hydrogen) atoms. The molecule has 0 fully saturated rings. The normalized spacial score (nSPS) is 11.9. The maximum Gasteiger partial charge on any atom is 0.348 e. The van der Waals surface area contributed by atoms with Gasteiger partial charge in [-0.1, -0.05) is 36.4 Å². The molecular weight excluding hydrogens is 258 g/mol. The monoisotopic (exact) mass is 275 g/mol. The van der Waals surface area contributed by atoms with Gasteiger partial charge < -0.3 is 15.2 Å². The predicted octanol–water partition coefficient (Wildman–Crippen LogP) is 1.69. The number of benzene rings is 1. The fourth-order valence-electron chi connectivity index (χ4n) is 1.48. The molecule has 1 aromatic carbocycles. The minimum absolute atomic E-state index is 0.0115. The average Bonchev–Trinajstić information content (AvgIpc) is 2.46. The summed E-state index contributed by atoms with van der Waals surface area (Å²) in [6.07, 6.45) is 3.05. The Morgan fingerprint density at radius 2 is 1.85 bits per heavy atom. The number of esters is 2. The lowest BCUT2D eigenvalue weighted by atomic mass is 10.2. The standard InChI is InChI=1S/C15H17NO4/c1-3-7-12(16)13(14(17)19-2)15(18)20-10-11-8-5-4-6-9-11/h3-9H,10,16H2,1-2H3. The highest BCUT2D eigenvalue weighted by atomic mass is 16.5. The van der Waals surface area contributed by atoms with Crippen molar-refractivity contribution in [3.05, 3.63) is 59.3 Å². The molecule has 0 bridgehead atoms. The van der Waals surface area contributed by atoms with E-state index in [1.54, 1.807) is 13.0 Å². The second kappa shape index (κ2) is 7.78. The first-order chi connectivity index (χ1) is 9.60. The first kappa shape index (κ1) is 15.5. The molecule has 0 atom stereocenters. The second-order valence-corrected chi connectivity index (χ2v) is 3.88. The van der Waals surface area contributed by atoms with Gasteiger partial charge in [0, 0.05) is 0 Å². The topological polar surface area (TPSA) is 78.6 Å². The smallest absolute Gasteiger partial charge is 0.348 e. The highest BCUT2D eigenvalue weighted by Gasteiger charge is 2.23. The Labute approximate surface area is 117 Å². The van der Waals surface area contributed by atoms with Crippen LogP contribution in [0.3, 0.4) is 0 Å². The van der Waals surface area contributed by atoms with Gasteiger partial charge in [0.1, 0.15) is 6.61 Å². The van der Waals surface area contributed by atoms with Crippen LogP contribution in [-0.4, -0.2) is 19.0 Å². The van der Waals surface area contributed by atoms with Gasteiger partial charge in [0.05, 0.1) is 12.8 Å². The van der Waals surface area contributed by atoms with Gasteiger partial charge in [-0.05, 0) is 18.6 Å². The molecule has 1 rings (SSSR count). The molecule has 5 heteroatoms. The molecule has 106 valence electrons. The first-order valence-corrected chi connectivity index (χ1v) is 6.02. The molecule has 0 amide bonds. The van der Waals surface area contributed by atoms with Gasteiger partial charge in [0.15, 0.2) is 5.57 Å². The zero-order valence-corrected chi connectivity index (χ0v) is 11.5. The summed E-state index contributed by atoms with van der Waals surface area (Å²) in [5, 5.41) is 0. The number of carbonyl (C=O) groups excluding carboxylic acids is 2. The maximum atomic E-state index is 11.9. The van der Waals surface area contributed by atoms with Crippen molar-refractivity contribution in [2.45, 2.75) is 13.5 Å². The van der Waals surface area contributed by atoms with Crippen LogP contribution < -0.4 is 5.73 Å². The summed E-state index contributed by atoms with van der Waals surface area (Å²) in [6.45, 7) is 1.78. The van der Waals surface area contributed by atoms with Crippen molar-refractivity contribution in [2.24, 2.45) is 5.73 Å². The molecule has 0 spiro atoms. The van der Waals surface area contributed by atoms with E-state index in [0.29, 0.717) is 0 Å². The van der Waals surface area contributed by atoms with Crippen LogP contribution in [0.1, 0.15) is 12.5 Å². The molecular formula is C15H17NO4. The van der Waals surface area contributed by atoms with Gasteiger partial charge in [0.25, 0.3) is 0 Å². The van der Waals surface area contributed by atoms with Crippen molar-refractivity contribution in [1.82, 2.24) is 0 Å². The average molecular weight is 275 g/mol. The summed E-state index contributed by atoms with van der Waals surface area (Å²) in [7, 11) is 1.18. The first-order valence-electron chi connectivity index (χ1n) is 6.02. The van der Waals surface area contributed by atoms with Crippen molar-refractivity contribution < 1.29 is 19.1 Å². The Hall–Kier alpha value is -2.56. The molecule has 0 aromatic heterocycles. The SMILES string of the molecule is CC=CC(N)=C(C(=O)OC)C(=O)OCc1ccccc1. The van der Waals surface area contributed by atoms with Crippen molar-refractivity contribution in [2.75, 3.05) is 7.11 Å². The largest absolute Gasteiger partial charge is 0.465 e. The van der Waals surface area contributed by atoms with E-state index in [4.69, 9.17) is 10.5 Å². The Kier molecular flexibility index (Phi) is 6.03. The molecule has 0 radical (unpaired) electrons. The van der Waals surface area contributed by atoms with Gasteiger partial charge in [0.2, 0.25) is 0 Å². The van der Waals surface area contributed by atoms with Crippen molar-refractivity contribution in [1.29, 1.82) is 0 Å². The van der Waals surface area contributed by atoms with Gasteiger partial charge in [-0.2, -0.15) is 0 Å². The fraction of sp³-hybridized carbons (Fsp3) is 0.200. The lowest BCUT2D eigenvalue weighted by Gasteiger charge is -2.08. The van der Waals surface area contributed by atoms with E-state index in [9.17, 15) is 9.59 Å². The van der Waals surface area contributed by atoms with Gasteiger partial charge >= 0.3 is 11.9 Å². The van der Waals surface area contributed by atoms with Crippen LogP contribution in [0.4, 0.5) is 0 Å². The van der Waals surface area contributed by atoms with Crippen molar-refractivity contribution in [3.8, 4) is 0 Å². The zero-order chi connectivity index (χ0) is 15.0. The minimum Gasteiger partial charge on any atom is -0.465 e. The maximum absolute atomic E-state index is 11.9. The third-order valence-corrected chi connectivity index (χ3v) is 2.44. The van der Waals surface area contributed by atoms with Crippen LogP contribution in [0.2, 0.25) is 0 Å². The van der Waals surface area contributed by atoms with Crippen LogP contribution >= 0.6 is 0 Å². The molecule has 0 unspecified atom stereocenters. The molecule has 0 heterocycles. The third-order valence-electron chi connectivity index (χ3n) is 2.44. The van der Waals surface area contributed by atoms with Crippen LogP contribution in [0.5, 0.6) is 0 Å². The minimum atomic E-state index is -0.821. The number of methoxy groups -OCH3 is 1. The summed E-state index contributed by atoms with van der Waals surface area (Å²) < 4.78 is 9.61. The van der Waals surface area contributed by atoms with E-state index in [2.05, 4.69) is 4.74 Å². The third kappa shape index (κ3) is 4.28. The van der Waals surface area contributed by atoms with Crippen molar-refractivity contribution in [3.63, 3.8) is 0 Å². The number of carbonyl (C=O) groups is 2. The van der Waals surface area contributed by atoms with Crippen molar-refractivity contribution >= 4 is 11.9 Å². The highest BCUT2D eigenvalue weighted by Crippen LogP contribution is 2.09. The second-order valence-electron chi connectivity index (χ2n) is 3.88. The van der Waals surface area contributed by atoms with E-state index < -0.39 is 11.9 Å². The molecule has 0 aliphatic heterocycles. The van der Waals surface area contributed by atoms with E-state index in [-0.39, 0.29) is 17.9 Å². The summed E-state index contributed by atoms with van der Waals surface area (Å²) >= 11 is 0. The van der Waals surface area contributed by atoms with E-state index in [1.165, 1.54) is 13.2 Å². The van der Waals surface area contributed by atoms with Crippen LogP contribution in [0.25, 0.3) is 0 Å². The Bertz CT molecular complexity index is 532. The molecule has 1 aromatic rings. The number of hydrogen-bond donors (Lipinski definition) is 1.